The molecule has 21 heavy (non-hydrogen) atoms. The molecule has 0 aliphatic heterocycles. The Bertz CT molecular complexity index is 655. The first-order chi connectivity index (χ1) is 9.93. The van der Waals surface area contributed by atoms with E-state index in [0.29, 0.717) is 23.1 Å². The first-order valence-electron chi connectivity index (χ1n) is 6.71. The Morgan fingerprint density at radius 3 is 2.67 bits per heavy atom. The van der Waals surface area contributed by atoms with Crippen molar-refractivity contribution in [2.24, 2.45) is 0 Å². The van der Waals surface area contributed by atoms with Gasteiger partial charge in [0.1, 0.15) is 10.7 Å². The highest BCUT2D eigenvalue weighted by Gasteiger charge is 2.22. The van der Waals surface area contributed by atoms with Gasteiger partial charge in [0.15, 0.2) is 5.13 Å². The number of carboxylic acid groups (broad SMARTS) is 1. The van der Waals surface area contributed by atoms with Crippen molar-refractivity contribution in [1.82, 2.24) is 4.98 Å². The fraction of sp³-hybridized carbons (Fsp3) is 0.333. The van der Waals surface area contributed by atoms with Gasteiger partial charge in [-0.1, -0.05) is 31.3 Å². The number of carboxylic acids is 1. The highest BCUT2D eigenvalue weighted by atomic mass is 32.1. The van der Waals surface area contributed by atoms with Crippen LogP contribution in [0.1, 0.15) is 42.1 Å². The lowest BCUT2D eigenvalue weighted by atomic mass is 10.1. The molecular weight excluding hydrogens is 291 g/mol. The molecule has 0 bridgehead atoms. The lowest BCUT2D eigenvalue weighted by Crippen LogP contribution is -2.16. The molecule has 0 aliphatic rings. The van der Waals surface area contributed by atoms with E-state index in [9.17, 15) is 14.3 Å². The molecule has 2 rings (SSSR count). The number of rotatable bonds is 5. The van der Waals surface area contributed by atoms with Crippen LogP contribution in [0.5, 0.6) is 0 Å². The minimum absolute atomic E-state index is 0.0207. The van der Waals surface area contributed by atoms with E-state index in [2.05, 4.69) is 4.98 Å². The minimum atomic E-state index is -0.974. The zero-order valence-corrected chi connectivity index (χ0v) is 12.9. The third-order valence-electron chi connectivity index (χ3n) is 3.05. The average Bonchev–Trinajstić information content (AvgIpc) is 2.85. The van der Waals surface area contributed by atoms with Crippen molar-refractivity contribution in [3.05, 3.63) is 40.7 Å². The number of anilines is 2. The van der Waals surface area contributed by atoms with Crippen molar-refractivity contribution in [3.8, 4) is 0 Å². The van der Waals surface area contributed by atoms with Gasteiger partial charge >= 0.3 is 5.97 Å². The van der Waals surface area contributed by atoms with Crippen LogP contribution in [0.15, 0.2) is 24.3 Å². The molecule has 0 amide bonds. The van der Waals surface area contributed by atoms with Crippen LogP contribution in [0.3, 0.4) is 0 Å². The molecule has 2 aromatic rings. The summed E-state index contributed by atoms with van der Waals surface area (Å²) in [6, 6.07) is 6.20. The van der Waals surface area contributed by atoms with Gasteiger partial charge in [-0.2, -0.15) is 0 Å². The molecule has 6 heteroatoms. The Morgan fingerprint density at radius 2 is 2.19 bits per heavy atom. The van der Waals surface area contributed by atoms with E-state index in [1.807, 2.05) is 25.7 Å². The summed E-state index contributed by atoms with van der Waals surface area (Å²) in [6.07, 6.45) is 0. The van der Waals surface area contributed by atoms with Gasteiger partial charge < -0.3 is 10.0 Å². The Labute approximate surface area is 126 Å². The quantitative estimate of drug-likeness (QED) is 0.896. The maximum Gasteiger partial charge on any atom is 0.347 e. The molecule has 0 fully saturated rings. The smallest absolute Gasteiger partial charge is 0.347 e. The summed E-state index contributed by atoms with van der Waals surface area (Å²) < 4.78 is 13.4. The van der Waals surface area contributed by atoms with E-state index < -0.39 is 5.97 Å². The predicted octanol–water partition coefficient (Wildman–Crippen LogP) is 4.26. The molecule has 0 saturated carbocycles. The van der Waals surface area contributed by atoms with Crippen molar-refractivity contribution in [2.45, 2.75) is 26.7 Å². The standard InChI is InChI=1S/C15H17FN2O2S/c1-4-18(11-7-5-6-10(16)8-11)15-17-12(9(2)3)13(21-15)14(19)20/h5-9H,4H2,1-3H3,(H,19,20). The van der Waals surface area contributed by atoms with Gasteiger partial charge in [-0.05, 0) is 31.0 Å². The summed E-state index contributed by atoms with van der Waals surface area (Å²) in [4.78, 5) is 17.8. The lowest BCUT2D eigenvalue weighted by molar-refractivity contribution is 0.0700. The average molecular weight is 308 g/mol. The van der Waals surface area contributed by atoms with Gasteiger partial charge in [0.25, 0.3) is 0 Å². The minimum Gasteiger partial charge on any atom is -0.477 e. The third-order valence-corrected chi connectivity index (χ3v) is 4.13. The molecule has 0 unspecified atom stereocenters. The number of nitrogens with zero attached hydrogens (tertiary/aromatic N) is 2. The topological polar surface area (TPSA) is 53.4 Å². The van der Waals surface area contributed by atoms with Crippen molar-refractivity contribution in [2.75, 3.05) is 11.4 Å². The van der Waals surface area contributed by atoms with Crippen LogP contribution >= 0.6 is 11.3 Å². The predicted molar refractivity (Wildman–Crippen MR) is 82.2 cm³/mol. The largest absolute Gasteiger partial charge is 0.477 e. The first kappa shape index (κ1) is 15.4. The van der Waals surface area contributed by atoms with Gasteiger partial charge in [-0.3, -0.25) is 0 Å². The van der Waals surface area contributed by atoms with Crippen molar-refractivity contribution in [3.63, 3.8) is 0 Å². The Kier molecular flexibility index (Phi) is 4.57. The molecule has 4 nitrogen and oxygen atoms in total. The third kappa shape index (κ3) is 3.21. The summed E-state index contributed by atoms with van der Waals surface area (Å²) in [5.41, 5.74) is 1.23. The number of hydrogen-bond acceptors (Lipinski definition) is 4. The van der Waals surface area contributed by atoms with Gasteiger partial charge in [0, 0.05) is 12.2 Å². The first-order valence-corrected chi connectivity index (χ1v) is 7.52. The van der Waals surface area contributed by atoms with E-state index in [0.717, 1.165) is 11.3 Å². The molecule has 0 aliphatic carbocycles. The molecule has 0 radical (unpaired) electrons. The summed E-state index contributed by atoms with van der Waals surface area (Å²) in [7, 11) is 0. The maximum absolute atomic E-state index is 13.4. The number of benzene rings is 1. The van der Waals surface area contributed by atoms with Crippen LogP contribution < -0.4 is 4.90 Å². The highest BCUT2D eigenvalue weighted by molar-refractivity contribution is 7.17. The zero-order valence-electron chi connectivity index (χ0n) is 12.1. The monoisotopic (exact) mass is 308 g/mol. The molecular formula is C15H17FN2O2S. The summed E-state index contributed by atoms with van der Waals surface area (Å²) in [6.45, 7) is 6.31. The SMILES string of the molecule is CCN(c1cccc(F)c1)c1nc(C(C)C)c(C(=O)O)s1. The van der Waals surface area contributed by atoms with E-state index >= 15 is 0 Å². The van der Waals surface area contributed by atoms with Gasteiger partial charge in [-0.25, -0.2) is 14.2 Å². The molecule has 1 aromatic carbocycles. The second kappa shape index (κ2) is 6.22. The second-order valence-corrected chi connectivity index (χ2v) is 5.87. The lowest BCUT2D eigenvalue weighted by Gasteiger charge is -2.19. The summed E-state index contributed by atoms with van der Waals surface area (Å²) >= 11 is 1.12. The van der Waals surface area contributed by atoms with Crippen LogP contribution in [-0.4, -0.2) is 22.6 Å². The van der Waals surface area contributed by atoms with Crippen LogP contribution in [0.2, 0.25) is 0 Å². The van der Waals surface area contributed by atoms with E-state index in [1.165, 1.54) is 12.1 Å². The number of aromatic nitrogens is 1. The van der Waals surface area contributed by atoms with E-state index in [-0.39, 0.29) is 16.6 Å². The van der Waals surface area contributed by atoms with E-state index in [4.69, 9.17) is 0 Å². The van der Waals surface area contributed by atoms with Gasteiger partial charge in [-0.15, -0.1) is 0 Å². The van der Waals surface area contributed by atoms with Crippen molar-refractivity contribution >= 4 is 28.1 Å². The van der Waals surface area contributed by atoms with Crippen molar-refractivity contribution < 1.29 is 14.3 Å². The molecule has 0 spiro atoms. The number of aromatic carboxylic acids is 1. The molecule has 0 saturated heterocycles. The Hall–Kier alpha value is -1.95. The van der Waals surface area contributed by atoms with Gasteiger partial charge in [0.05, 0.1) is 5.69 Å². The number of carbonyl (C=O) groups is 1. The Balaban J connectivity index is 2.48. The number of hydrogen-bond donors (Lipinski definition) is 1. The summed E-state index contributed by atoms with van der Waals surface area (Å²) in [5, 5.41) is 9.86. The van der Waals surface area contributed by atoms with Crippen LogP contribution in [0, 0.1) is 5.82 Å². The zero-order chi connectivity index (χ0) is 15.6. The molecule has 1 heterocycles. The number of halogens is 1. The maximum atomic E-state index is 13.4. The molecule has 1 aromatic heterocycles. The molecule has 1 N–H and O–H groups in total. The van der Waals surface area contributed by atoms with Gasteiger partial charge in [0.2, 0.25) is 0 Å². The number of thiazole rings is 1. The summed E-state index contributed by atoms with van der Waals surface area (Å²) in [5.74, 6) is -1.28. The molecule has 0 atom stereocenters. The highest BCUT2D eigenvalue weighted by Crippen LogP contribution is 2.34. The van der Waals surface area contributed by atoms with Crippen LogP contribution in [0.25, 0.3) is 0 Å². The van der Waals surface area contributed by atoms with Crippen molar-refractivity contribution in [1.29, 1.82) is 0 Å². The van der Waals surface area contributed by atoms with Crippen LogP contribution in [0.4, 0.5) is 15.2 Å². The fourth-order valence-electron chi connectivity index (χ4n) is 2.05. The molecule has 112 valence electrons. The van der Waals surface area contributed by atoms with Crippen LogP contribution in [-0.2, 0) is 0 Å². The van der Waals surface area contributed by atoms with E-state index in [1.54, 1.807) is 12.1 Å². The Morgan fingerprint density at radius 1 is 1.48 bits per heavy atom. The normalized spacial score (nSPS) is 10.9. The fourth-order valence-corrected chi connectivity index (χ4v) is 3.20. The second-order valence-electron chi connectivity index (χ2n) is 4.89.